The minimum absolute atomic E-state index is 0.268. The first kappa shape index (κ1) is 27.0. The molecule has 0 bridgehead atoms. The highest BCUT2D eigenvalue weighted by Gasteiger charge is 2.31. The number of nitrogens with zero attached hydrogens (tertiary/aromatic N) is 4. The number of imidazole rings is 1. The predicted molar refractivity (Wildman–Crippen MR) is 151 cm³/mol. The molecule has 0 aliphatic carbocycles. The van der Waals surface area contributed by atoms with Crippen LogP contribution in [0.1, 0.15) is 31.0 Å². The van der Waals surface area contributed by atoms with Gasteiger partial charge < -0.3 is 10.1 Å². The van der Waals surface area contributed by atoms with Gasteiger partial charge in [0.2, 0.25) is 0 Å². The van der Waals surface area contributed by atoms with Crippen LogP contribution in [0.4, 0.5) is 23.7 Å². The lowest BCUT2D eigenvalue weighted by Crippen LogP contribution is -2.23. The average molecular weight is 565 g/mol. The fourth-order valence-corrected chi connectivity index (χ4v) is 4.54. The monoisotopic (exact) mass is 564 g/mol. The molecule has 40 heavy (non-hydrogen) atoms. The molecule has 0 atom stereocenters. The minimum Gasteiger partial charge on any atom is -0.406 e. The van der Waals surface area contributed by atoms with Crippen LogP contribution in [0.2, 0.25) is 0 Å². The number of halogens is 3. The molecule has 0 unspecified atom stereocenters. The van der Waals surface area contributed by atoms with Crippen molar-refractivity contribution in [2.45, 2.75) is 26.1 Å². The molecule has 0 saturated heterocycles. The number of fused-ring (bicyclic) bond motifs is 3. The summed E-state index contributed by atoms with van der Waals surface area (Å²) in [4.78, 5) is 21.4. The van der Waals surface area contributed by atoms with Gasteiger partial charge in [-0.1, -0.05) is 32.0 Å². The van der Waals surface area contributed by atoms with E-state index in [1.807, 2.05) is 42.5 Å². The molecule has 204 valence electrons. The van der Waals surface area contributed by atoms with Crippen LogP contribution in [-0.2, 0) is 0 Å². The number of hydrogen-bond donors (Lipinski definition) is 2. The van der Waals surface area contributed by atoms with Crippen LogP contribution in [-0.4, -0.2) is 33.1 Å². The van der Waals surface area contributed by atoms with Crippen molar-refractivity contribution in [3.05, 3.63) is 90.4 Å². The Bertz CT molecular complexity index is 1700. The third-order valence-electron chi connectivity index (χ3n) is 5.96. The van der Waals surface area contributed by atoms with Crippen LogP contribution in [0, 0.1) is 0 Å². The van der Waals surface area contributed by atoms with Crippen LogP contribution in [0.25, 0.3) is 27.6 Å². The number of anilines is 1. The fourth-order valence-electron chi connectivity index (χ4n) is 4.20. The van der Waals surface area contributed by atoms with Gasteiger partial charge in [0.05, 0.1) is 40.6 Å². The van der Waals surface area contributed by atoms with Crippen molar-refractivity contribution >= 4 is 52.0 Å². The Hall–Kier alpha value is -4.58. The number of pyridine rings is 1. The van der Waals surface area contributed by atoms with E-state index in [4.69, 9.17) is 0 Å². The summed E-state index contributed by atoms with van der Waals surface area (Å²) >= 11 is 0.883. The maximum Gasteiger partial charge on any atom is 0.573 e. The summed E-state index contributed by atoms with van der Waals surface area (Å²) < 4.78 is 49.9. The number of ether oxygens (including phenoxy) is 1. The number of para-hydroxylation sites is 1. The van der Waals surface area contributed by atoms with E-state index in [1.165, 1.54) is 24.3 Å². The quantitative estimate of drug-likeness (QED) is 0.159. The van der Waals surface area contributed by atoms with Gasteiger partial charge in [-0.05, 0) is 66.1 Å². The molecular weight excluding hydrogens is 541 g/mol. The molecule has 0 saturated carbocycles. The zero-order chi connectivity index (χ0) is 28.3. The maximum atomic E-state index is 12.5. The summed E-state index contributed by atoms with van der Waals surface area (Å²) in [6.45, 7) is 4.12. The molecule has 2 amide bonds. The van der Waals surface area contributed by atoms with Gasteiger partial charge in [0.25, 0.3) is 0 Å². The highest BCUT2D eigenvalue weighted by atomic mass is 32.2. The van der Waals surface area contributed by atoms with E-state index < -0.39 is 6.36 Å². The van der Waals surface area contributed by atoms with Gasteiger partial charge in [0, 0.05) is 16.8 Å². The number of rotatable bonds is 7. The standard InChI is InChI=1S/C28H23F3N6O2S/c1-17(2)21-5-3-4-6-23(21)35-27(38)36-40-33-15-18-7-12-22-24(34-18)13-14-25-26(22)32-16-37(25)19-8-10-20(11-9-19)39-28(29,30)31/h3-17H,1-2H3,(H2,35,36,38). The van der Waals surface area contributed by atoms with E-state index in [-0.39, 0.29) is 17.7 Å². The van der Waals surface area contributed by atoms with Crippen molar-refractivity contribution in [1.82, 2.24) is 19.3 Å². The molecule has 12 heteroatoms. The highest BCUT2D eigenvalue weighted by molar-refractivity contribution is 7.96. The molecule has 0 radical (unpaired) electrons. The van der Waals surface area contributed by atoms with E-state index in [0.29, 0.717) is 22.4 Å². The summed E-state index contributed by atoms with van der Waals surface area (Å²) in [6.07, 6.45) is -1.60. The molecule has 2 aromatic heterocycles. The Morgan fingerprint density at radius 3 is 2.58 bits per heavy atom. The van der Waals surface area contributed by atoms with Crippen molar-refractivity contribution in [2.75, 3.05) is 5.32 Å². The Morgan fingerprint density at radius 1 is 1.05 bits per heavy atom. The third kappa shape index (κ3) is 6.18. The summed E-state index contributed by atoms with van der Waals surface area (Å²) in [5, 5.41) is 3.64. The number of nitrogens with one attached hydrogen (secondary N) is 2. The summed E-state index contributed by atoms with van der Waals surface area (Å²) in [5.41, 5.74) is 5.16. The first-order chi connectivity index (χ1) is 19.2. The minimum atomic E-state index is -4.75. The molecule has 5 rings (SSSR count). The first-order valence-corrected chi connectivity index (χ1v) is 12.9. The SMILES string of the molecule is CC(C)c1ccccc1NC(=O)NSN=Cc1ccc2c(ccc3c2ncn3-c2ccc(OC(F)(F)F)cc2)n1. The third-order valence-corrected chi connectivity index (χ3v) is 6.45. The van der Waals surface area contributed by atoms with Crippen molar-refractivity contribution in [3.8, 4) is 11.4 Å². The number of urea groups is 1. The average Bonchev–Trinajstić information content (AvgIpc) is 3.35. The maximum absolute atomic E-state index is 12.5. The Morgan fingerprint density at radius 2 is 1.82 bits per heavy atom. The predicted octanol–water partition coefficient (Wildman–Crippen LogP) is 7.40. The number of alkyl halides is 3. The topological polar surface area (TPSA) is 93.4 Å². The number of amides is 2. The second kappa shape index (κ2) is 11.3. The van der Waals surface area contributed by atoms with Gasteiger partial charge in [-0.15, -0.1) is 13.2 Å². The second-order valence-electron chi connectivity index (χ2n) is 9.02. The van der Waals surface area contributed by atoms with Gasteiger partial charge >= 0.3 is 12.4 Å². The van der Waals surface area contributed by atoms with E-state index in [0.717, 1.165) is 34.3 Å². The Balaban J connectivity index is 1.26. The molecule has 3 aromatic carbocycles. The zero-order valence-electron chi connectivity index (χ0n) is 21.3. The molecule has 0 spiro atoms. The number of carbonyl (C=O) groups excluding carboxylic acids is 1. The molecule has 5 aromatic rings. The van der Waals surface area contributed by atoms with E-state index in [2.05, 4.69) is 43.0 Å². The lowest BCUT2D eigenvalue weighted by Gasteiger charge is -2.13. The molecule has 0 aliphatic rings. The lowest BCUT2D eigenvalue weighted by molar-refractivity contribution is -0.274. The van der Waals surface area contributed by atoms with Crippen molar-refractivity contribution in [2.24, 2.45) is 4.40 Å². The van der Waals surface area contributed by atoms with Gasteiger partial charge in [-0.3, -0.25) is 9.29 Å². The van der Waals surface area contributed by atoms with Gasteiger partial charge in [-0.25, -0.2) is 19.2 Å². The second-order valence-corrected chi connectivity index (χ2v) is 9.61. The van der Waals surface area contributed by atoms with E-state index in [1.54, 1.807) is 23.2 Å². The number of carbonyl (C=O) groups is 1. The van der Waals surface area contributed by atoms with Gasteiger partial charge in [-0.2, -0.15) is 0 Å². The van der Waals surface area contributed by atoms with E-state index in [9.17, 15) is 18.0 Å². The van der Waals surface area contributed by atoms with Crippen LogP contribution in [0.15, 0.2) is 83.5 Å². The fraction of sp³-hybridized carbons (Fsp3) is 0.143. The van der Waals surface area contributed by atoms with Crippen molar-refractivity contribution < 1.29 is 22.7 Å². The molecule has 0 fully saturated rings. The zero-order valence-corrected chi connectivity index (χ0v) is 22.1. The van der Waals surface area contributed by atoms with Gasteiger partial charge in [0.15, 0.2) is 0 Å². The molecule has 8 nitrogen and oxygen atoms in total. The number of hydrogen-bond acceptors (Lipinski definition) is 6. The lowest BCUT2D eigenvalue weighted by atomic mass is 10.0. The molecular formula is C28H23F3N6O2S. The molecule has 2 heterocycles. The number of aromatic nitrogens is 3. The smallest absolute Gasteiger partial charge is 0.406 e. The largest absolute Gasteiger partial charge is 0.573 e. The van der Waals surface area contributed by atoms with Gasteiger partial charge in [0.1, 0.15) is 12.1 Å². The van der Waals surface area contributed by atoms with Crippen molar-refractivity contribution in [1.29, 1.82) is 0 Å². The Labute approximate surface area is 231 Å². The van der Waals surface area contributed by atoms with Crippen LogP contribution in [0.3, 0.4) is 0 Å². The van der Waals surface area contributed by atoms with E-state index >= 15 is 0 Å². The summed E-state index contributed by atoms with van der Waals surface area (Å²) in [7, 11) is 0. The number of benzene rings is 3. The summed E-state index contributed by atoms with van der Waals surface area (Å²) in [6, 6.07) is 20.1. The first-order valence-electron chi connectivity index (χ1n) is 12.2. The molecule has 2 N–H and O–H groups in total. The van der Waals surface area contributed by atoms with Crippen LogP contribution < -0.4 is 14.8 Å². The molecule has 0 aliphatic heterocycles. The van der Waals surface area contributed by atoms with Crippen LogP contribution >= 0.6 is 12.1 Å². The Kier molecular flexibility index (Phi) is 7.60. The van der Waals surface area contributed by atoms with Crippen LogP contribution in [0.5, 0.6) is 5.75 Å². The van der Waals surface area contributed by atoms with Crippen molar-refractivity contribution in [3.63, 3.8) is 0 Å². The highest BCUT2D eigenvalue weighted by Crippen LogP contribution is 2.28. The normalized spacial score (nSPS) is 11.9. The summed E-state index contributed by atoms with van der Waals surface area (Å²) in [5.74, 6) is -0.0283.